The van der Waals surface area contributed by atoms with E-state index in [0.717, 1.165) is 37.8 Å². The highest BCUT2D eigenvalue weighted by atomic mass is 16.2. The summed E-state index contributed by atoms with van der Waals surface area (Å²) in [6.45, 7) is 0.787. The lowest BCUT2D eigenvalue weighted by Gasteiger charge is -2.30. The first-order chi connectivity index (χ1) is 11.2. The quantitative estimate of drug-likeness (QED) is 0.933. The molecule has 1 aromatic rings. The van der Waals surface area contributed by atoms with Crippen molar-refractivity contribution in [2.45, 2.75) is 50.6 Å². The van der Waals surface area contributed by atoms with E-state index in [1.807, 2.05) is 23.1 Å². The summed E-state index contributed by atoms with van der Waals surface area (Å²) in [7, 11) is 0. The molecule has 2 fully saturated rings. The fraction of sp³-hybridized carbons (Fsp3) is 0.474. The van der Waals surface area contributed by atoms with Gasteiger partial charge < -0.3 is 10.2 Å². The maximum absolute atomic E-state index is 12.8. The molecule has 2 saturated heterocycles. The van der Waals surface area contributed by atoms with Crippen LogP contribution in [-0.2, 0) is 9.59 Å². The lowest BCUT2D eigenvalue weighted by molar-refractivity contribution is -0.135. The van der Waals surface area contributed by atoms with Crippen molar-refractivity contribution in [3.8, 4) is 0 Å². The molecule has 2 atom stereocenters. The molecule has 0 aromatic heterocycles. The van der Waals surface area contributed by atoms with E-state index in [1.165, 1.54) is 0 Å². The predicted molar refractivity (Wildman–Crippen MR) is 90.6 cm³/mol. The molecule has 0 saturated carbocycles. The van der Waals surface area contributed by atoms with E-state index in [-0.39, 0.29) is 23.9 Å². The van der Waals surface area contributed by atoms with Gasteiger partial charge in [0, 0.05) is 13.0 Å². The number of hydrogen-bond donors (Lipinski definition) is 1. The molecule has 0 bridgehead atoms. The summed E-state index contributed by atoms with van der Waals surface area (Å²) in [4.78, 5) is 26.2. The Morgan fingerprint density at radius 3 is 2.70 bits per heavy atom. The molecule has 4 nitrogen and oxygen atoms in total. The van der Waals surface area contributed by atoms with Gasteiger partial charge in [0.05, 0.1) is 6.04 Å². The summed E-state index contributed by atoms with van der Waals surface area (Å²) in [5, 5.41) is 2.81. The van der Waals surface area contributed by atoms with E-state index < -0.39 is 0 Å². The number of carbonyl (C=O) groups is 2. The Kier molecular flexibility index (Phi) is 5.11. The number of nitrogens with one attached hydrogen (secondary N) is 1. The van der Waals surface area contributed by atoms with Gasteiger partial charge in [-0.05, 0) is 24.8 Å². The zero-order chi connectivity index (χ0) is 16.1. The van der Waals surface area contributed by atoms with Crippen LogP contribution in [0, 0.1) is 0 Å². The second-order valence-electron chi connectivity index (χ2n) is 6.38. The van der Waals surface area contributed by atoms with Crippen molar-refractivity contribution in [1.29, 1.82) is 0 Å². The lowest BCUT2D eigenvalue weighted by Crippen LogP contribution is -2.48. The third-order valence-corrected chi connectivity index (χ3v) is 4.69. The zero-order valence-corrected chi connectivity index (χ0v) is 13.4. The van der Waals surface area contributed by atoms with Crippen molar-refractivity contribution in [2.24, 2.45) is 0 Å². The van der Waals surface area contributed by atoms with Crippen molar-refractivity contribution >= 4 is 17.9 Å². The molecule has 3 rings (SSSR count). The van der Waals surface area contributed by atoms with Crippen LogP contribution in [0.15, 0.2) is 36.4 Å². The van der Waals surface area contributed by atoms with E-state index in [9.17, 15) is 9.59 Å². The van der Waals surface area contributed by atoms with E-state index in [4.69, 9.17) is 0 Å². The molecule has 2 unspecified atom stereocenters. The van der Waals surface area contributed by atoms with E-state index in [1.54, 1.807) is 0 Å². The molecular formula is C19H24N2O2. The zero-order valence-electron chi connectivity index (χ0n) is 13.4. The molecular weight excluding hydrogens is 288 g/mol. The molecule has 2 heterocycles. The molecule has 4 heteroatoms. The highest BCUT2D eigenvalue weighted by molar-refractivity contribution is 5.91. The van der Waals surface area contributed by atoms with Crippen LogP contribution in [0.3, 0.4) is 0 Å². The van der Waals surface area contributed by atoms with Gasteiger partial charge in [-0.2, -0.15) is 0 Å². The van der Waals surface area contributed by atoms with Crippen molar-refractivity contribution in [3.63, 3.8) is 0 Å². The minimum absolute atomic E-state index is 0.00505. The van der Waals surface area contributed by atoms with Gasteiger partial charge in [0.15, 0.2) is 0 Å². The average Bonchev–Trinajstić information content (AvgIpc) is 2.88. The van der Waals surface area contributed by atoms with Gasteiger partial charge in [0.25, 0.3) is 0 Å². The molecule has 122 valence electrons. The molecule has 23 heavy (non-hydrogen) atoms. The Morgan fingerprint density at radius 2 is 1.96 bits per heavy atom. The lowest BCUT2D eigenvalue weighted by atomic mass is 10.1. The predicted octanol–water partition coefficient (Wildman–Crippen LogP) is 2.75. The number of amides is 2. The third-order valence-electron chi connectivity index (χ3n) is 4.69. The van der Waals surface area contributed by atoms with E-state index >= 15 is 0 Å². The van der Waals surface area contributed by atoms with Gasteiger partial charge in [0.1, 0.15) is 6.04 Å². The molecule has 0 radical (unpaired) electrons. The second kappa shape index (κ2) is 7.44. The largest absolute Gasteiger partial charge is 0.344 e. The Labute approximate surface area is 137 Å². The summed E-state index contributed by atoms with van der Waals surface area (Å²) >= 11 is 0. The van der Waals surface area contributed by atoms with Gasteiger partial charge in [-0.25, -0.2) is 0 Å². The summed E-state index contributed by atoms with van der Waals surface area (Å²) in [5.74, 6) is 0.0787. The number of rotatable bonds is 3. The maximum Gasteiger partial charge on any atom is 0.245 e. The van der Waals surface area contributed by atoms with Crippen LogP contribution in [0.2, 0.25) is 0 Å². The normalized spacial score (nSPS) is 25.4. The Morgan fingerprint density at radius 1 is 1.13 bits per heavy atom. The first kappa shape index (κ1) is 15.8. The van der Waals surface area contributed by atoms with Crippen LogP contribution in [0.5, 0.6) is 0 Å². The van der Waals surface area contributed by atoms with E-state index in [0.29, 0.717) is 12.8 Å². The average molecular weight is 312 g/mol. The van der Waals surface area contributed by atoms with Crippen molar-refractivity contribution in [1.82, 2.24) is 10.2 Å². The fourth-order valence-corrected chi connectivity index (χ4v) is 3.39. The van der Waals surface area contributed by atoms with Crippen LogP contribution in [0.25, 0.3) is 6.08 Å². The third kappa shape index (κ3) is 4.01. The van der Waals surface area contributed by atoms with Gasteiger partial charge >= 0.3 is 0 Å². The van der Waals surface area contributed by atoms with Gasteiger partial charge in [-0.3, -0.25) is 9.59 Å². The molecule has 0 spiro atoms. The summed E-state index contributed by atoms with van der Waals surface area (Å²) in [5.41, 5.74) is 1.15. The topological polar surface area (TPSA) is 49.4 Å². The number of benzene rings is 1. The minimum Gasteiger partial charge on any atom is -0.344 e. The van der Waals surface area contributed by atoms with Gasteiger partial charge in [0.2, 0.25) is 11.8 Å². The number of hydrogen-bond acceptors (Lipinski definition) is 2. The van der Waals surface area contributed by atoms with Gasteiger partial charge in [-0.15, -0.1) is 0 Å². The first-order valence-electron chi connectivity index (χ1n) is 8.57. The van der Waals surface area contributed by atoms with Crippen LogP contribution >= 0.6 is 0 Å². The summed E-state index contributed by atoms with van der Waals surface area (Å²) in [6, 6.07) is 9.97. The fourth-order valence-electron chi connectivity index (χ4n) is 3.39. The van der Waals surface area contributed by atoms with Crippen LogP contribution in [0.4, 0.5) is 0 Å². The smallest absolute Gasteiger partial charge is 0.245 e. The van der Waals surface area contributed by atoms with Crippen molar-refractivity contribution < 1.29 is 9.59 Å². The number of nitrogens with zero attached hydrogens (tertiary/aromatic N) is 1. The van der Waals surface area contributed by atoms with Crippen LogP contribution in [-0.4, -0.2) is 35.3 Å². The Balaban J connectivity index is 1.73. The number of likely N-dealkylation sites (tertiary alicyclic amines) is 1. The molecule has 0 aliphatic carbocycles. The van der Waals surface area contributed by atoms with Crippen molar-refractivity contribution in [3.05, 3.63) is 42.0 Å². The SMILES string of the molecule is O=C1CCC(C(=O)N2CCCCCC2C=Cc2ccccc2)N1. The summed E-state index contributed by atoms with van der Waals surface area (Å²) < 4.78 is 0. The monoisotopic (exact) mass is 312 g/mol. The summed E-state index contributed by atoms with van der Waals surface area (Å²) in [6.07, 6.45) is 9.69. The highest BCUT2D eigenvalue weighted by Gasteiger charge is 2.33. The standard InChI is InChI=1S/C19H24N2O2/c22-18-13-12-17(20-18)19(23)21-14-6-2-5-9-16(21)11-10-15-7-3-1-4-8-15/h1,3-4,7-8,10-11,16-17H,2,5-6,9,12-14H2,(H,20,22). The van der Waals surface area contributed by atoms with Gasteiger partial charge in [-0.1, -0.05) is 55.3 Å². The van der Waals surface area contributed by atoms with Crippen LogP contribution in [0.1, 0.15) is 44.1 Å². The highest BCUT2D eigenvalue weighted by Crippen LogP contribution is 2.21. The molecule has 2 aliphatic heterocycles. The number of carbonyl (C=O) groups excluding carboxylic acids is 2. The molecule has 2 amide bonds. The van der Waals surface area contributed by atoms with Crippen LogP contribution < -0.4 is 5.32 Å². The van der Waals surface area contributed by atoms with Crippen molar-refractivity contribution in [2.75, 3.05) is 6.54 Å². The first-order valence-corrected chi connectivity index (χ1v) is 8.57. The molecule has 1 N–H and O–H groups in total. The minimum atomic E-state index is -0.326. The second-order valence-corrected chi connectivity index (χ2v) is 6.38. The molecule has 2 aliphatic rings. The Hall–Kier alpha value is -2.10. The maximum atomic E-state index is 12.8. The molecule has 1 aromatic carbocycles. The van der Waals surface area contributed by atoms with E-state index in [2.05, 4.69) is 29.6 Å². The Bertz CT molecular complexity index is 582.